The van der Waals surface area contributed by atoms with Gasteiger partial charge in [-0.05, 0) is 31.3 Å². The first-order chi connectivity index (χ1) is 14.0. The molecule has 6 nitrogen and oxygen atoms in total. The van der Waals surface area contributed by atoms with Gasteiger partial charge in [0.05, 0.1) is 17.2 Å². The highest BCUT2D eigenvalue weighted by Gasteiger charge is 2.30. The highest BCUT2D eigenvalue weighted by Crippen LogP contribution is 2.44. The summed E-state index contributed by atoms with van der Waals surface area (Å²) in [6.07, 6.45) is 11.5. The van der Waals surface area contributed by atoms with E-state index in [2.05, 4.69) is 34.3 Å². The van der Waals surface area contributed by atoms with Gasteiger partial charge in [0.25, 0.3) is 5.91 Å². The van der Waals surface area contributed by atoms with E-state index in [4.69, 9.17) is 0 Å². The lowest BCUT2D eigenvalue weighted by atomic mass is 10.2. The zero-order chi connectivity index (χ0) is 20.1. The van der Waals surface area contributed by atoms with E-state index >= 15 is 0 Å². The minimum atomic E-state index is -0.370. The quantitative estimate of drug-likeness (QED) is 0.773. The average molecular weight is 411 g/mol. The van der Waals surface area contributed by atoms with E-state index in [1.54, 1.807) is 21.6 Å². The summed E-state index contributed by atoms with van der Waals surface area (Å²) >= 11 is 0. The maximum absolute atomic E-state index is 14.5. The summed E-state index contributed by atoms with van der Waals surface area (Å²) in [5.74, 6) is -0.448. The molecule has 8 heteroatoms. The zero-order valence-electron chi connectivity index (χ0n) is 16.4. The van der Waals surface area contributed by atoms with E-state index in [1.807, 2.05) is 19.3 Å². The second kappa shape index (κ2) is 7.08. The Morgan fingerprint density at radius 3 is 3.03 bits per heavy atom. The average Bonchev–Trinajstić information content (AvgIpc) is 3.08. The molecule has 0 spiro atoms. The number of halogens is 1. The first kappa shape index (κ1) is 18.5. The number of imidazole rings is 1. The Morgan fingerprint density at radius 2 is 2.21 bits per heavy atom. The number of nitrogens with zero attached hydrogens (tertiary/aromatic N) is 4. The third-order valence-electron chi connectivity index (χ3n) is 5.52. The molecule has 5 rings (SSSR count). The van der Waals surface area contributed by atoms with Gasteiger partial charge in [-0.15, -0.1) is 0 Å². The standard InChI is InChI=1S/C21H23FN5OP/c1-13-9-25(6-5-23-13)16-3-4-20-27(12-16)19(28)8-18(29-20)15-7-17(22)21-24-14(2)10-26(21)11-15/h3-4,7-8,10-13,20,23,29H,5-6,9H2,1-2H3/t13-,20?/m1/s1. The van der Waals surface area contributed by atoms with E-state index in [9.17, 15) is 9.18 Å². The van der Waals surface area contributed by atoms with E-state index in [0.717, 1.165) is 41.9 Å². The lowest BCUT2D eigenvalue weighted by Gasteiger charge is -2.39. The van der Waals surface area contributed by atoms with Crippen LogP contribution >= 0.6 is 8.58 Å². The molecule has 0 aromatic carbocycles. The molecule has 3 aliphatic rings. The molecule has 5 heterocycles. The maximum Gasteiger partial charge on any atom is 0.252 e. The summed E-state index contributed by atoms with van der Waals surface area (Å²) < 4.78 is 16.2. The molecule has 1 amide bonds. The van der Waals surface area contributed by atoms with E-state index in [-0.39, 0.29) is 17.5 Å². The SMILES string of the molecule is Cc1cn2cc(C3=CC(=O)N4C=C(N5CCN[C@H](C)C5)C=CC4P3)cc(F)c2n1. The van der Waals surface area contributed by atoms with Crippen LogP contribution < -0.4 is 5.32 Å². The van der Waals surface area contributed by atoms with Gasteiger partial charge in [-0.1, -0.05) is 14.7 Å². The van der Waals surface area contributed by atoms with E-state index in [0.29, 0.717) is 20.3 Å². The predicted molar refractivity (Wildman–Crippen MR) is 113 cm³/mol. The predicted octanol–water partition coefficient (Wildman–Crippen LogP) is 2.67. The molecule has 0 radical (unpaired) electrons. The Labute approximate surface area is 170 Å². The van der Waals surface area contributed by atoms with Crippen LogP contribution in [0.3, 0.4) is 0 Å². The van der Waals surface area contributed by atoms with Crippen LogP contribution in [-0.4, -0.2) is 56.6 Å². The van der Waals surface area contributed by atoms with Crippen LogP contribution in [0.5, 0.6) is 0 Å². The van der Waals surface area contributed by atoms with Crippen molar-refractivity contribution < 1.29 is 9.18 Å². The van der Waals surface area contributed by atoms with Gasteiger partial charge >= 0.3 is 0 Å². The molecule has 3 aliphatic heterocycles. The van der Waals surface area contributed by atoms with Crippen LogP contribution in [0.1, 0.15) is 18.2 Å². The van der Waals surface area contributed by atoms with Crippen LogP contribution in [0.15, 0.2) is 48.6 Å². The number of rotatable bonds is 2. The molecule has 29 heavy (non-hydrogen) atoms. The van der Waals surface area contributed by atoms with Crippen molar-refractivity contribution in [3.05, 3.63) is 65.7 Å². The van der Waals surface area contributed by atoms with Crippen molar-refractivity contribution in [1.29, 1.82) is 0 Å². The molecule has 150 valence electrons. The first-order valence-electron chi connectivity index (χ1n) is 9.82. The molecular formula is C21H23FN5OP. The van der Waals surface area contributed by atoms with Gasteiger partial charge in [0, 0.05) is 55.9 Å². The van der Waals surface area contributed by atoms with Crippen molar-refractivity contribution in [2.75, 3.05) is 19.6 Å². The Balaban J connectivity index is 1.43. The minimum Gasteiger partial charge on any atom is -0.368 e. The summed E-state index contributed by atoms with van der Waals surface area (Å²) in [5, 5.41) is 4.32. The molecule has 1 N–H and O–H groups in total. The third kappa shape index (κ3) is 3.38. The lowest BCUT2D eigenvalue weighted by Crippen LogP contribution is -2.49. The van der Waals surface area contributed by atoms with Gasteiger partial charge in [-0.3, -0.25) is 4.79 Å². The summed E-state index contributed by atoms with van der Waals surface area (Å²) in [6, 6.07) is 1.91. The maximum atomic E-state index is 14.5. The summed E-state index contributed by atoms with van der Waals surface area (Å²) in [5.41, 5.74) is 2.89. The fourth-order valence-electron chi connectivity index (χ4n) is 4.11. The van der Waals surface area contributed by atoms with Gasteiger partial charge in [0.1, 0.15) is 0 Å². The number of carbonyl (C=O) groups excluding carboxylic acids is 1. The van der Waals surface area contributed by atoms with Gasteiger partial charge in [0.2, 0.25) is 0 Å². The molecule has 3 atom stereocenters. The number of amides is 1. The Bertz CT molecular complexity index is 1090. The number of pyridine rings is 1. The van der Waals surface area contributed by atoms with E-state index < -0.39 is 0 Å². The Hall–Kier alpha value is -2.50. The fraction of sp³-hybridized carbons (Fsp3) is 0.333. The normalized spacial score (nSPS) is 25.4. The smallest absolute Gasteiger partial charge is 0.252 e. The summed E-state index contributed by atoms with van der Waals surface area (Å²) in [6.45, 7) is 6.81. The van der Waals surface area contributed by atoms with Crippen LogP contribution in [-0.2, 0) is 4.79 Å². The van der Waals surface area contributed by atoms with Gasteiger partial charge in [-0.25, -0.2) is 9.37 Å². The molecule has 1 fully saturated rings. The van der Waals surface area contributed by atoms with Crippen LogP contribution in [0.4, 0.5) is 4.39 Å². The number of hydrogen-bond acceptors (Lipinski definition) is 4. The summed E-state index contributed by atoms with van der Waals surface area (Å²) in [7, 11) is 0.357. The molecular weight excluding hydrogens is 388 g/mol. The van der Waals surface area contributed by atoms with Gasteiger partial charge in [-0.2, -0.15) is 0 Å². The number of hydrogen-bond donors (Lipinski definition) is 1. The monoisotopic (exact) mass is 411 g/mol. The van der Waals surface area contributed by atoms with Crippen molar-refractivity contribution in [2.45, 2.75) is 25.7 Å². The molecule has 2 aromatic heterocycles. The number of piperazine rings is 1. The van der Waals surface area contributed by atoms with Crippen LogP contribution in [0.2, 0.25) is 0 Å². The molecule has 0 aliphatic carbocycles. The second-order valence-electron chi connectivity index (χ2n) is 7.80. The number of aryl methyl sites for hydroxylation is 1. The summed E-state index contributed by atoms with van der Waals surface area (Å²) in [4.78, 5) is 21.2. The Morgan fingerprint density at radius 1 is 1.34 bits per heavy atom. The van der Waals surface area contributed by atoms with Gasteiger partial charge < -0.3 is 19.5 Å². The third-order valence-corrected chi connectivity index (χ3v) is 7.03. The van der Waals surface area contributed by atoms with Crippen LogP contribution in [0.25, 0.3) is 11.0 Å². The largest absolute Gasteiger partial charge is 0.368 e. The zero-order valence-corrected chi connectivity index (χ0v) is 17.4. The number of fused-ring (bicyclic) bond motifs is 2. The van der Waals surface area contributed by atoms with E-state index in [1.165, 1.54) is 6.07 Å². The Kier molecular flexibility index (Phi) is 4.52. The van der Waals surface area contributed by atoms with Gasteiger partial charge in [0.15, 0.2) is 11.5 Å². The fourth-order valence-corrected chi connectivity index (χ4v) is 5.48. The minimum absolute atomic E-state index is 0.0186. The topological polar surface area (TPSA) is 52.9 Å². The number of aromatic nitrogens is 2. The van der Waals surface area contributed by atoms with Crippen LogP contribution in [0, 0.1) is 12.7 Å². The molecule has 2 unspecified atom stereocenters. The second-order valence-corrected chi connectivity index (χ2v) is 9.22. The highest BCUT2D eigenvalue weighted by molar-refractivity contribution is 7.51. The molecule has 0 bridgehead atoms. The van der Waals surface area contributed by atoms with Crippen molar-refractivity contribution in [3.63, 3.8) is 0 Å². The number of allylic oxidation sites excluding steroid dienone is 1. The van der Waals surface area contributed by atoms with Crippen molar-refractivity contribution >= 4 is 25.4 Å². The van der Waals surface area contributed by atoms with Crippen molar-refractivity contribution in [1.82, 2.24) is 24.5 Å². The van der Waals surface area contributed by atoms with Crippen molar-refractivity contribution in [3.8, 4) is 0 Å². The lowest BCUT2D eigenvalue weighted by molar-refractivity contribution is -0.123. The number of carbonyl (C=O) groups is 1. The van der Waals surface area contributed by atoms with Crippen molar-refractivity contribution in [2.24, 2.45) is 0 Å². The number of nitrogens with one attached hydrogen (secondary N) is 1. The molecule has 0 saturated carbocycles. The molecule has 1 saturated heterocycles. The first-order valence-corrected chi connectivity index (χ1v) is 10.9. The molecule has 2 aromatic rings. The highest BCUT2D eigenvalue weighted by atomic mass is 31.1.